The van der Waals surface area contributed by atoms with Crippen molar-refractivity contribution in [1.29, 1.82) is 0 Å². The van der Waals surface area contributed by atoms with E-state index < -0.39 is 42.8 Å². The first kappa shape index (κ1) is 42.8. The maximum Gasteiger partial charge on any atom is 0.342 e. The minimum Gasteiger partial charge on any atom is -0.508 e. The van der Waals surface area contributed by atoms with E-state index in [4.69, 9.17) is 37.4 Å². The van der Waals surface area contributed by atoms with E-state index >= 15 is 0 Å². The fourth-order valence-corrected chi connectivity index (χ4v) is 7.70. The van der Waals surface area contributed by atoms with Crippen LogP contribution in [0.3, 0.4) is 0 Å². The molecule has 8 aromatic rings. The lowest BCUT2D eigenvalue weighted by Gasteiger charge is -2.26. The predicted octanol–water partition coefficient (Wildman–Crippen LogP) is 8.96. The molecule has 2 amide bonds. The first-order valence-corrected chi connectivity index (χ1v) is 20.4. The Balaban J connectivity index is 1.17. The molecule has 5 N–H and O–H groups in total. The maximum absolute atomic E-state index is 14.6. The number of halogens is 2. The number of hydrogen-bond donors (Lipinski definition) is 5. The van der Waals surface area contributed by atoms with E-state index in [0.717, 1.165) is 0 Å². The Hall–Kier alpha value is -7.87. The minimum absolute atomic E-state index is 0.0688. The zero-order valence-electron chi connectivity index (χ0n) is 33.4. The molecule has 2 heterocycles. The fourth-order valence-electron chi connectivity index (χ4n) is 7.16. The molecule has 13 nitrogen and oxygen atoms in total. The van der Waals surface area contributed by atoms with Gasteiger partial charge in [-0.3, -0.25) is 19.6 Å². The molecule has 2 aromatic heterocycles. The van der Waals surface area contributed by atoms with Crippen LogP contribution in [-0.2, 0) is 14.3 Å². The maximum atomic E-state index is 14.6. The Kier molecular flexibility index (Phi) is 12.7. The Morgan fingerprint density at radius 2 is 1.09 bits per heavy atom. The molecule has 8 rings (SSSR count). The molecule has 0 saturated carbocycles. The van der Waals surface area contributed by atoms with Crippen LogP contribution in [0, 0.1) is 0 Å². The summed E-state index contributed by atoms with van der Waals surface area (Å²) in [6.45, 7) is -0.438. The van der Waals surface area contributed by atoms with Gasteiger partial charge in [-0.25, -0.2) is 4.79 Å². The summed E-state index contributed by atoms with van der Waals surface area (Å²) in [4.78, 5) is 51.4. The van der Waals surface area contributed by atoms with Gasteiger partial charge in [0.1, 0.15) is 39.8 Å². The lowest BCUT2D eigenvalue weighted by Crippen LogP contribution is -2.43. The number of carbonyl (C=O) groups excluding carboxylic acids is 3. The molecule has 0 fully saturated rings. The number of aromatic nitrogens is 2. The number of carbonyl (C=O) groups is 3. The highest BCUT2D eigenvalue weighted by Crippen LogP contribution is 2.42. The van der Waals surface area contributed by atoms with Crippen LogP contribution in [0.15, 0.2) is 158 Å². The second-order valence-corrected chi connectivity index (χ2v) is 15.1. The van der Waals surface area contributed by atoms with Crippen LogP contribution in [0.5, 0.6) is 28.7 Å². The van der Waals surface area contributed by atoms with E-state index in [1.54, 1.807) is 109 Å². The largest absolute Gasteiger partial charge is 0.508 e. The number of hydrogen-bond acceptors (Lipinski definition) is 11. The predicted molar refractivity (Wildman–Crippen MR) is 240 cm³/mol. The average molecular weight is 896 g/mol. The van der Waals surface area contributed by atoms with Crippen LogP contribution in [0.2, 0.25) is 10.0 Å². The molecule has 3 atom stereocenters. The van der Waals surface area contributed by atoms with Crippen LogP contribution >= 0.6 is 23.2 Å². The smallest absolute Gasteiger partial charge is 0.342 e. The molecular formula is C49H36Cl2N4O9. The quantitative estimate of drug-likeness (QED) is 0.0518. The van der Waals surface area contributed by atoms with Gasteiger partial charge in [-0.1, -0.05) is 96.0 Å². The van der Waals surface area contributed by atoms with Crippen molar-refractivity contribution in [3.63, 3.8) is 0 Å². The molecule has 0 aliphatic rings. The first-order valence-electron chi connectivity index (χ1n) is 19.7. The number of para-hydroxylation sites is 3. The molecular weight excluding hydrogens is 859 g/mol. The minimum atomic E-state index is -2.01. The Bertz CT molecular complexity index is 3010. The van der Waals surface area contributed by atoms with Gasteiger partial charge in [-0.05, 0) is 78.4 Å². The monoisotopic (exact) mass is 894 g/mol. The van der Waals surface area contributed by atoms with Crippen molar-refractivity contribution in [2.75, 3.05) is 6.61 Å². The number of ether oxygens (including phenoxy) is 3. The molecule has 0 radical (unpaired) electrons. The van der Waals surface area contributed by atoms with Gasteiger partial charge in [0.2, 0.25) is 0 Å². The van der Waals surface area contributed by atoms with Crippen LogP contribution in [0.1, 0.15) is 44.7 Å². The molecule has 0 spiro atoms. The summed E-state index contributed by atoms with van der Waals surface area (Å²) in [6.07, 6.45) is 0.939. The number of aromatic hydroxyl groups is 3. The third-order valence-corrected chi connectivity index (χ3v) is 10.8. The zero-order valence-corrected chi connectivity index (χ0v) is 34.9. The summed E-state index contributed by atoms with van der Waals surface area (Å²) >= 11 is 13.4. The molecule has 15 heteroatoms. The van der Waals surface area contributed by atoms with Gasteiger partial charge in [0.05, 0.1) is 27.7 Å². The van der Waals surface area contributed by atoms with Gasteiger partial charge in [-0.15, -0.1) is 0 Å². The summed E-state index contributed by atoms with van der Waals surface area (Å²) in [7, 11) is 0. The number of rotatable bonds is 14. The molecule has 0 aliphatic carbocycles. The van der Waals surface area contributed by atoms with Crippen LogP contribution in [-0.4, -0.2) is 56.0 Å². The first-order chi connectivity index (χ1) is 31.1. The van der Waals surface area contributed by atoms with Gasteiger partial charge < -0.3 is 40.2 Å². The number of benzene rings is 6. The number of phenols is 3. The van der Waals surface area contributed by atoms with Gasteiger partial charge >= 0.3 is 18.2 Å². The highest BCUT2D eigenvalue weighted by Gasteiger charge is 2.34. The van der Waals surface area contributed by atoms with E-state index in [1.165, 1.54) is 48.8 Å². The molecule has 0 aliphatic heterocycles. The second-order valence-electron chi connectivity index (χ2n) is 14.2. The highest BCUT2D eigenvalue weighted by molar-refractivity contribution is 6.36. The van der Waals surface area contributed by atoms with E-state index in [-0.39, 0.29) is 71.9 Å². The third kappa shape index (κ3) is 9.16. The Morgan fingerprint density at radius 1 is 0.578 bits per heavy atom. The van der Waals surface area contributed by atoms with Crippen molar-refractivity contribution >= 4 is 62.8 Å². The Labute approximate surface area is 375 Å². The van der Waals surface area contributed by atoms with Crippen molar-refractivity contribution in [1.82, 2.24) is 20.6 Å². The standard InChI is InChI=1S/C49H36Cl2N4O9/c50-37-25-35(45(58)43-32(37)20-11-23-52-43)41(54-40(57)27-62-28-13-3-1-4-14-28)30-17-7-8-18-31(30)48(61)64-49(63-29-15-5-2-6-16-29)47(60)55-42(34-19-9-10-22-39(34)56)36-26-38(51)33-21-12-24-53-44(33)46(36)59/h1-26,41-42,49,56,58-59H,27H2,(H,54,57)(H,55,60). The fraction of sp³-hybridized carbons (Fsp3) is 0.0816. The van der Waals surface area contributed by atoms with E-state index in [1.807, 2.05) is 0 Å². The second kappa shape index (κ2) is 19.0. The van der Waals surface area contributed by atoms with Crippen molar-refractivity contribution in [2.45, 2.75) is 18.4 Å². The number of phenolic OH excluding ortho intramolecular Hbond substituents is 3. The third-order valence-electron chi connectivity index (χ3n) is 10.2. The molecule has 0 saturated heterocycles. The number of amides is 2. The lowest BCUT2D eigenvalue weighted by molar-refractivity contribution is -0.145. The number of nitrogens with one attached hydrogen (secondary N) is 2. The molecule has 3 unspecified atom stereocenters. The van der Waals surface area contributed by atoms with Crippen LogP contribution < -0.4 is 20.1 Å². The van der Waals surface area contributed by atoms with Gasteiger partial charge in [0.15, 0.2) is 6.61 Å². The van der Waals surface area contributed by atoms with Crippen molar-refractivity contribution in [3.8, 4) is 28.7 Å². The van der Waals surface area contributed by atoms with Crippen LogP contribution in [0.4, 0.5) is 0 Å². The summed E-state index contributed by atoms with van der Waals surface area (Å²) in [5, 5.41) is 41.2. The molecule has 320 valence electrons. The summed E-state index contributed by atoms with van der Waals surface area (Å²) in [5.74, 6) is -2.99. The number of pyridine rings is 2. The number of esters is 1. The van der Waals surface area contributed by atoms with Crippen molar-refractivity contribution in [3.05, 3.63) is 196 Å². The van der Waals surface area contributed by atoms with Gasteiger partial charge in [0.25, 0.3) is 5.91 Å². The van der Waals surface area contributed by atoms with E-state index in [9.17, 15) is 29.7 Å². The summed E-state index contributed by atoms with van der Waals surface area (Å²) in [6, 6.07) is 36.1. The molecule has 64 heavy (non-hydrogen) atoms. The number of nitrogens with zero attached hydrogens (tertiary/aromatic N) is 2. The summed E-state index contributed by atoms with van der Waals surface area (Å²) in [5.41, 5.74) is 0.605. The van der Waals surface area contributed by atoms with Gasteiger partial charge in [0, 0.05) is 39.9 Å². The van der Waals surface area contributed by atoms with Crippen molar-refractivity contribution < 1.29 is 43.9 Å². The van der Waals surface area contributed by atoms with Crippen molar-refractivity contribution in [2.24, 2.45) is 0 Å². The SMILES string of the molecule is O=C(COc1ccccc1)NC(c1ccccc1C(=O)OC(Oc1ccccc1)C(=O)NC(c1ccccc1O)c1cc(Cl)c2cccnc2c1O)c1cc(Cl)c2cccnc2c1O. The topological polar surface area (TPSA) is 189 Å². The van der Waals surface area contributed by atoms with E-state index in [0.29, 0.717) is 16.5 Å². The summed E-state index contributed by atoms with van der Waals surface area (Å²) < 4.78 is 17.7. The lowest BCUT2D eigenvalue weighted by atomic mass is 9.92. The molecule has 6 aromatic carbocycles. The number of fused-ring (bicyclic) bond motifs is 2. The van der Waals surface area contributed by atoms with Crippen LogP contribution in [0.25, 0.3) is 21.8 Å². The average Bonchev–Trinajstić information content (AvgIpc) is 3.32. The van der Waals surface area contributed by atoms with Gasteiger partial charge in [-0.2, -0.15) is 0 Å². The highest BCUT2D eigenvalue weighted by atomic mass is 35.5. The normalized spacial score (nSPS) is 12.5. The van der Waals surface area contributed by atoms with E-state index in [2.05, 4.69) is 20.6 Å². The zero-order chi connectivity index (χ0) is 44.7. The molecule has 0 bridgehead atoms. The Morgan fingerprint density at radius 3 is 1.69 bits per heavy atom.